The monoisotopic (exact) mass is 386 g/mol. The van der Waals surface area contributed by atoms with Crippen LogP contribution in [0.15, 0.2) is 12.3 Å². The van der Waals surface area contributed by atoms with Crippen LogP contribution in [0.25, 0.3) is 11.3 Å². The third-order valence-electron chi connectivity index (χ3n) is 2.72. The lowest BCUT2D eigenvalue weighted by Gasteiger charge is -2.24. The zero-order valence-corrected chi connectivity index (χ0v) is 16.2. The number of hydrogen-bond donors (Lipinski definition) is 0. The molecule has 0 atom stereocenters. The van der Waals surface area contributed by atoms with Crippen molar-refractivity contribution in [2.24, 2.45) is 0 Å². The normalized spacial score (nSPS) is 12.4. The van der Waals surface area contributed by atoms with Gasteiger partial charge in [-0.05, 0) is 41.5 Å². The summed E-state index contributed by atoms with van der Waals surface area (Å²) in [7, 11) is 0. The highest BCUT2D eigenvalue weighted by Crippen LogP contribution is 2.33. The molecular weight excluding hydrogens is 366 g/mol. The number of aromatic nitrogens is 4. The van der Waals surface area contributed by atoms with Gasteiger partial charge in [-0.2, -0.15) is 4.98 Å². The van der Waals surface area contributed by atoms with Crippen molar-refractivity contribution in [2.45, 2.75) is 59.2 Å². The predicted octanol–water partition coefficient (Wildman–Crippen LogP) is 4.88. The van der Waals surface area contributed by atoms with E-state index in [1.165, 1.54) is 12.3 Å². The predicted molar refractivity (Wildman–Crippen MR) is 93.8 cm³/mol. The summed E-state index contributed by atoms with van der Waals surface area (Å²) < 4.78 is 37.5. The average molecular weight is 387 g/mol. The van der Waals surface area contributed by atoms with E-state index in [4.69, 9.17) is 21.1 Å². The average Bonchev–Trinajstić information content (AvgIpc) is 2.43. The van der Waals surface area contributed by atoms with Crippen LogP contribution < -0.4 is 9.47 Å². The van der Waals surface area contributed by atoms with Crippen molar-refractivity contribution in [1.29, 1.82) is 0 Å². The first kappa shape index (κ1) is 20.2. The maximum absolute atomic E-state index is 13.0. The number of halogens is 3. The van der Waals surface area contributed by atoms with Crippen LogP contribution >= 0.6 is 11.6 Å². The fourth-order valence-electron chi connectivity index (χ4n) is 1.89. The first-order valence-electron chi connectivity index (χ1n) is 7.92. The molecule has 0 bridgehead atoms. The van der Waals surface area contributed by atoms with Crippen LogP contribution in [0.5, 0.6) is 11.9 Å². The van der Waals surface area contributed by atoms with Crippen LogP contribution in [0.4, 0.5) is 8.78 Å². The Morgan fingerprint density at radius 2 is 1.58 bits per heavy atom. The minimum Gasteiger partial charge on any atom is -0.471 e. The van der Waals surface area contributed by atoms with Crippen LogP contribution in [-0.4, -0.2) is 31.1 Å². The Balaban J connectivity index is 2.57. The van der Waals surface area contributed by atoms with E-state index in [2.05, 4.69) is 19.9 Å². The van der Waals surface area contributed by atoms with E-state index in [-0.39, 0.29) is 22.7 Å². The lowest BCUT2D eigenvalue weighted by molar-refractivity contribution is 0.103. The molecule has 9 heteroatoms. The highest BCUT2D eigenvalue weighted by Gasteiger charge is 2.23. The van der Waals surface area contributed by atoms with Gasteiger partial charge in [0, 0.05) is 12.3 Å². The van der Waals surface area contributed by atoms with Crippen LogP contribution in [0.2, 0.25) is 5.15 Å². The fourth-order valence-corrected chi connectivity index (χ4v) is 2.08. The molecule has 0 aliphatic rings. The molecular formula is C17H21ClF2N4O2. The summed E-state index contributed by atoms with van der Waals surface area (Å²) in [6, 6.07) is 1.46. The minimum atomic E-state index is -2.86. The maximum atomic E-state index is 13.0. The van der Waals surface area contributed by atoms with Crippen molar-refractivity contribution >= 4 is 11.6 Å². The van der Waals surface area contributed by atoms with E-state index in [1.54, 1.807) is 0 Å². The van der Waals surface area contributed by atoms with Gasteiger partial charge < -0.3 is 9.47 Å². The number of hydrogen-bond acceptors (Lipinski definition) is 6. The van der Waals surface area contributed by atoms with Crippen molar-refractivity contribution in [3.05, 3.63) is 23.2 Å². The van der Waals surface area contributed by atoms with Gasteiger partial charge in [0.15, 0.2) is 5.82 Å². The highest BCUT2D eigenvalue weighted by molar-refractivity contribution is 6.29. The Morgan fingerprint density at radius 3 is 2.12 bits per heavy atom. The lowest BCUT2D eigenvalue weighted by Crippen LogP contribution is -2.26. The molecule has 0 aliphatic heterocycles. The summed E-state index contributed by atoms with van der Waals surface area (Å²) in [5, 5.41) is -0.109. The quantitative estimate of drug-likeness (QED) is 0.697. The summed E-state index contributed by atoms with van der Waals surface area (Å²) >= 11 is 5.86. The summed E-state index contributed by atoms with van der Waals surface area (Å²) in [5.74, 6) is -0.522. The molecule has 0 radical (unpaired) electrons. The van der Waals surface area contributed by atoms with Gasteiger partial charge in [-0.15, -0.1) is 0 Å². The maximum Gasteiger partial charge on any atom is 0.320 e. The van der Waals surface area contributed by atoms with E-state index < -0.39 is 23.5 Å². The molecule has 142 valence electrons. The summed E-state index contributed by atoms with van der Waals surface area (Å²) in [6.45, 7) is 11.1. The Bertz CT molecular complexity index is 789. The molecule has 0 aliphatic carbocycles. The zero-order valence-electron chi connectivity index (χ0n) is 15.5. The Morgan fingerprint density at radius 1 is 0.962 bits per heavy atom. The van der Waals surface area contributed by atoms with Crippen molar-refractivity contribution in [2.75, 3.05) is 0 Å². The van der Waals surface area contributed by atoms with E-state index in [1.807, 2.05) is 41.5 Å². The molecule has 2 aromatic heterocycles. The van der Waals surface area contributed by atoms with Crippen LogP contribution in [-0.2, 0) is 0 Å². The zero-order chi connectivity index (χ0) is 19.7. The van der Waals surface area contributed by atoms with E-state index in [9.17, 15) is 8.78 Å². The molecule has 6 nitrogen and oxygen atoms in total. The van der Waals surface area contributed by atoms with Gasteiger partial charge in [-0.25, -0.2) is 23.7 Å². The standard InChI is InChI=1S/C17H21ClF2N4O2/c1-16(2,3)25-14-9(8-21-15(24-14)26-17(4,5)6)10-7-11(18)23-13(22-10)12(19)20/h7-8,12H,1-6H3. The molecule has 0 fully saturated rings. The van der Waals surface area contributed by atoms with Crippen molar-refractivity contribution in [1.82, 2.24) is 19.9 Å². The molecule has 0 N–H and O–H groups in total. The second-order valence-electron chi connectivity index (χ2n) is 7.54. The second kappa shape index (κ2) is 7.26. The van der Waals surface area contributed by atoms with Crippen molar-refractivity contribution in [3.63, 3.8) is 0 Å². The molecule has 2 rings (SSSR count). The molecule has 0 amide bonds. The molecule has 26 heavy (non-hydrogen) atoms. The third kappa shape index (κ3) is 5.72. The van der Waals surface area contributed by atoms with Gasteiger partial charge in [0.25, 0.3) is 6.43 Å². The van der Waals surface area contributed by atoms with Gasteiger partial charge in [0.1, 0.15) is 16.4 Å². The number of ether oxygens (including phenoxy) is 2. The number of nitrogens with zero attached hydrogens (tertiary/aromatic N) is 4. The lowest BCUT2D eigenvalue weighted by atomic mass is 10.1. The van der Waals surface area contributed by atoms with Gasteiger partial charge in [0.05, 0.1) is 11.3 Å². The topological polar surface area (TPSA) is 70.0 Å². The SMILES string of the molecule is CC(C)(C)Oc1ncc(-c2cc(Cl)nc(C(F)F)n2)c(OC(C)(C)C)n1. The van der Waals surface area contributed by atoms with E-state index in [0.717, 1.165) is 0 Å². The van der Waals surface area contributed by atoms with Gasteiger partial charge in [0.2, 0.25) is 5.88 Å². The number of rotatable bonds is 4. The van der Waals surface area contributed by atoms with Crippen molar-refractivity contribution in [3.8, 4) is 23.1 Å². The Kier molecular flexibility index (Phi) is 5.65. The van der Waals surface area contributed by atoms with Gasteiger partial charge in [-0.1, -0.05) is 11.6 Å². The Hall–Kier alpha value is -2.09. The smallest absolute Gasteiger partial charge is 0.320 e. The summed E-state index contributed by atoms with van der Waals surface area (Å²) in [4.78, 5) is 15.8. The Labute approximate surface area is 156 Å². The highest BCUT2D eigenvalue weighted by atomic mass is 35.5. The van der Waals surface area contributed by atoms with Crippen LogP contribution in [0.1, 0.15) is 53.8 Å². The molecule has 2 heterocycles. The molecule has 0 saturated carbocycles. The van der Waals surface area contributed by atoms with Gasteiger partial charge in [-0.3, -0.25) is 0 Å². The molecule has 0 aromatic carbocycles. The largest absolute Gasteiger partial charge is 0.471 e. The third-order valence-corrected chi connectivity index (χ3v) is 2.91. The van der Waals surface area contributed by atoms with Gasteiger partial charge >= 0.3 is 6.01 Å². The molecule has 2 aromatic rings. The van der Waals surface area contributed by atoms with Crippen molar-refractivity contribution < 1.29 is 18.3 Å². The van der Waals surface area contributed by atoms with E-state index in [0.29, 0.717) is 5.56 Å². The molecule has 0 unspecified atom stereocenters. The first-order valence-corrected chi connectivity index (χ1v) is 8.30. The molecule has 0 saturated heterocycles. The minimum absolute atomic E-state index is 0.106. The molecule has 0 spiro atoms. The first-order chi connectivity index (χ1) is 11.8. The number of alkyl halides is 2. The fraction of sp³-hybridized carbons (Fsp3) is 0.529. The summed E-state index contributed by atoms with van der Waals surface area (Å²) in [5.41, 5.74) is -0.652. The summed E-state index contributed by atoms with van der Waals surface area (Å²) in [6.07, 6.45) is -1.45. The van der Waals surface area contributed by atoms with Crippen LogP contribution in [0, 0.1) is 0 Å². The van der Waals surface area contributed by atoms with Crippen LogP contribution in [0.3, 0.4) is 0 Å². The van der Waals surface area contributed by atoms with E-state index >= 15 is 0 Å². The second-order valence-corrected chi connectivity index (χ2v) is 7.92.